The van der Waals surface area contributed by atoms with Gasteiger partial charge in [0.25, 0.3) is 0 Å². The van der Waals surface area contributed by atoms with E-state index in [1.54, 1.807) is 10.4 Å². The minimum absolute atomic E-state index is 1.15. The van der Waals surface area contributed by atoms with Crippen molar-refractivity contribution in [3.8, 4) is 33.4 Å². The van der Waals surface area contributed by atoms with Crippen LogP contribution in [-0.2, 0) is 0 Å². The second-order valence-corrected chi connectivity index (χ2v) is 18.8. The number of allylic oxidation sites excluding steroid dienone is 4. The van der Waals surface area contributed by atoms with Crippen LogP contribution in [0.4, 0.5) is 0 Å². The van der Waals surface area contributed by atoms with Crippen molar-refractivity contribution in [1.82, 2.24) is 0 Å². The molecule has 0 saturated heterocycles. The number of benzene rings is 8. The second kappa shape index (κ2) is 10.8. The van der Waals surface area contributed by atoms with Gasteiger partial charge in [0, 0.05) is 0 Å². The molecule has 1 heterocycles. The average Bonchev–Trinajstić information content (AvgIpc) is 3.37. The molecular formula is C48H36Si. The summed E-state index contributed by atoms with van der Waals surface area (Å²) in [6.45, 7) is 5.15. The summed E-state index contributed by atoms with van der Waals surface area (Å²) in [5.74, 6) is 0. The van der Waals surface area contributed by atoms with Gasteiger partial charge in [0.2, 0.25) is 0 Å². The molecule has 0 aromatic heterocycles. The highest BCUT2D eigenvalue weighted by atomic mass is 28.3. The Morgan fingerprint density at radius 3 is 1.71 bits per heavy atom. The number of hydrogen-bond donors (Lipinski definition) is 0. The zero-order chi connectivity index (χ0) is 32.7. The maximum Gasteiger partial charge on any atom is 0.109 e. The third-order valence-electron chi connectivity index (χ3n) is 11.3. The predicted molar refractivity (Wildman–Crippen MR) is 215 cm³/mol. The van der Waals surface area contributed by atoms with E-state index in [4.69, 9.17) is 0 Å². The average molecular weight is 641 g/mol. The highest BCUT2D eigenvalue weighted by molar-refractivity contribution is 6.98. The van der Waals surface area contributed by atoms with Crippen LogP contribution in [0.2, 0.25) is 13.1 Å². The SMILES string of the molecule is C[Si]1(C)C2=C(C=CCC2)c2cc3c(-c4cccc(-c5ccc6ccccc6c5)c4)c4ccccc4c(-c4ccc5ccccc5c4)c3cc21. The lowest BCUT2D eigenvalue weighted by molar-refractivity contribution is 1.01. The fourth-order valence-corrected chi connectivity index (χ4v) is 12.3. The first-order valence-corrected chi connectivity index (χ1v) is 20.6. The van der Waals surface area contributed by atoms with Gasteiger partial charge < -0.3 is 0 Å². The molecule has 0 amide bonds. The molecule has 0 N–H and O–H groups in total. The van der Waals surface area contributed by atoms with Gasteiger partial charge in [-0.15, -0.1) is 0 Å². The summed E-state index contributed by atoms with van der Waals surface area (Å²) in [6.07, 6.45) is 7.16. The van der Waals surface area contributed by atoms with Gasteiger partial charge in [-0.2, -0.15) is 0 Å². The quantitative estimate of drug-likeness (QED) is 0.133. The zero-order valence-corrected chi connectivity index (χ0v) is 28.9. The Bertz CT molecular complexity index is 2740. The molecule has 10 rings (SSSR count). The maximum absolute atomic E-state index is 2.62. The first kappa shape index (κ1) is 28.5. The summed E-state index contributed by atoms with van der Waals surface area (Å²) in [5.41, 5.74) is 10.7. The first-order valence-electron chi connectivity index (χ1n) is 17.6. The summed E-state index contributed by atoms with van der Waals surface area (Å²) >= 11 is 0. The van der Waals surface area contributed by atoms with Crippen LogP contribution in [0.25, 0.3) is 82.0 Å². The van der Waals surface area contributed by atoms with Crippen molar-refractivity contribution in [3.05, 3.63) is 169 Å². The molecular weight excluding hydrogens is 605 g/mol. The van der Waals surface area contributed by atoms with Gasteiger partial charge in [0.05, 0.1) is 0 Å². The Morgan fingerprint density at radius 1 is 0.449 bits per heavy atom. The van der Waals surface area contributed by atoms with E-state index in [2.05, 4.69) is 171 Å². The molecule has 0 spiro atoms. The smallest absolute Gasteiger partial charge is 0.0836 e. The number of fused-ring (bicyclic) bond motifs is 6. The van der Waals surface area contributed by atoms with Gasteiger partial charge in [0.15, 0.2) is 0 Å². The normalized spacial score (nSPS) is 15.0. The maximum atomic E-state index is 2.62. The molecule has 0 atom stereocenters. The van der Waals surface area contributed by atoms with Gasteiger partial charge in [-0.3, -0.25) is 0 Å². The van der Waals surface area contributed by atoms with Crippen molar-refractivity contribution in [2.75, 3.05) is 0 Å². The van der Waals surface area contributed by atoms with E-state index in [1.165, 1.54) is 94.0 Å². The van der Waals surface area contributed by atoms with Crippen molar-refractivity contribution in [3.63, 3.8) is 0 Å². The van der Waals surface area contributed by atoms with Gasteiger partial charge >= 0.3 is 0 Å². The standard InChI is InChI=1S/C48H36Si/c1-49(2)45-21-10-9-18-39(45)42-29-43-44(30-46(42)49)48(38-25-23-32-13-4-6-15-34(32)27-38)41-20-8-7-19-40(41)47(43)37-17-11-16-35(28-37)36-24-22-31-12-3-5-14-33(31)26-36/h3-9,11-20,22-30H,10,21H2,1-2H3. The molecule has 0 fully saturated rings. The van der Waals surface area contributed by atoms with Gasteiger partial charge in [-0.05, 0) is 130 Å². The van der Waals surface area contributed by atoms with Gasteiger partial charge in [-0.25, -0.2) is 0 Å². The third kappa shape index (κ3) is 4.36. The van der Waals surface area contributed by atoms with Crippen LogP contribution in [0.5, 0.6) is 0 Å². The summed E-state index contributed by atoms with van der Waals surface area (Å²) in [5, 5.41) is 13.7. The molecule has 2 aliphatic rings. The molecule has 1 aliphatic heterocycles. The second-order valence-electron chi connectivity index (χ2n) is 14.4. The Labute approximate surface area is 288 Å². The first-order chi connectivity index (χ1) is 24.0. The van der Waals surface area contributed by atoms with Crippen molar-refractivity contribution in [2.45, 2.75) is 25.9 Å². The zero-order valence-electron chi connectivity index (χ0n) is 27.9. The summed E-state index contributed by atoms with van der Waals surface area (Å²) in [6, 6.07) is 54.8. The molecule has 0 nitrogen and oxygen atoms in total. The minimum Gasteiger partial charge on any atom is -0.0836 e. The fraction of sp³-hybridized carbons (Fsp3) is 0.0833. The lowest BCUT2D eigenvalue weighted by Crippen LogP contribution is -2.41. The fourth-order valence-electron chi connectivity index (χ4n) is 8.88. The van der Waals surface area contributed by atoms with Gasteiger partial charge in [-0.1, -0.05) is 152 Å². The molecule has 1 heteroatoms. The summed E-state index contributed by atoms with van der Waals surface area (Å²) in [7, 11) is -1.82. The van der Waals surface area contributed by atoms with Crippen molar-refractivity contribution in [1.29, 1.82) is 0 Å². The highest BCUT2D eigenvalue weighted by Crippen LogP contribution is 2.48. The van der Waals surface area contributed by atoms with E-state index in [1.807, 2.05) is 0 Å². The molecule has 1 aliphatic carbocycles. The molecule has 8 aromatic carbocycles. The molecule has 0 bridgehead atoms. The summed E-state index contributed by atoms with van der Waals surface area (Å²) in [4.78, 5) is 0. The molecule has 0 unspecified atom stereocenters. The molecule has 49 heavy (non-hydrogen) atoms. The monoisotopic (exact) mass is 640 g/mol. The van der Waals surface area contributed by atoms with E-state index in [0.717, 1.165) is 6.42 Å². The molecule has 8 aromatic rings. The topological polar surface area (TPSA) is 0 Å². The van der Waals surface area contributed by atoms with Crippen LogP contribution in [0.15, 0.2) is 163 Å². The van der Waals surface area contributed by atoms with Crippen molar-refractivity contribution in [2.24, 2.45) is 0 Å². The Morgan fingerprint density at radius 2 is 1.00 bits per heavy atom. The van der Waals surface area contributed by atoms with Crippen LogP contribution in [0.1, 0.15) is 18.4 Å². The summed E-state index contributed by atoms with van der Waals surface area (Å²) < 4.78 is 0. The molecule has 0 radical (unpaired) electrons. The van der Waals surface area contributed by atoms with Crippen LogP contribution in [-0.4, -0.2) is 8.07 Å². The van der Waals surface area contributed by atoms with E-state index in [9.17, 15) is 0 Å². The van der Waals surface area contributed by atoms with Crippen LogP contribution < -0.4 is 5.19 Å². The van der Waals surface area contributed by atoms with Crippen molar-refractivity contribution >= 4 is 61.9 Å². The third-order valence-corrected chi connectivity index (χ3v) is 15.1. The number of rotatable bonds is 3. The Balaban J connectivity index is 1.30. The van der Waals surface area contributed by atoms with E-state index < -0.39 is 8.07 Å². The minimum atomic E-state index is -1.82. The molecule has 232 valence electrons. The van der Waals surface area contributed by atoms with Crippen LogP contribution >= 0.6 is 0 Å². The lowest BCUT2D eigenvalue weighted by atomic mass is 9.83. The van der Waals surface area contributed by atoms with Gasteiger partial charge in [0.1, 0.15) is 8.07 Å². The highest BCUT2D eigenvalue weighted by Gasteiger charge is 2.39. The lowest BCUT2D eigenvalue weighted by Gasteiger charge is -2.24. The van der Waals surface area contributed by atoms with Crippen molar-refractivity contribution < 1.29 is 0 Å². The van der Waals surface area contributed by atoms with E-state index >= 15 is 0 Å². The van der Waals surface area contributed by atoms with E-state index in [-0.39, 0.29) is 0 Å². The van der Waals surface area contributed by atoms with E-state index in [0.29, 0.717) is 0 Å². The predicted octanol–water partition coefficient (Wildman–Crippen LogP) is 12.9. The molecule has 0 saturated carbocycles. The number of hydrogen-bond acceptors (Lipinski definition) is 0. The Hall–Kier alpha value is -5.50. The largest absolute Gasteiger partial charge is 0.109 e. The van der Waals surface area contributed by atoms with Crippen LogP contribution in [0.3, 0.4) is 0 Å². The Kier molecular flexibility index (Phi) is 6.25. The van der Waals surface area contributed by atoms with Crippen LogP contribution in [0, 0.1) is 0 Å².